The molecule has 0 atom stereocenters. The molecular weight excluding hydrogens is 446 g/mol. The van der Waals surface area contributed by atoms with Crippen LogP contribution in [-0.2, 0) is 17.6 Å². The fourth-order valence-corrected chi connectivity index (χ4v) is 4.64. The number of nitrogens with zero attached hydrogens (tertiary/aromatic N) is 2. The first-order valence-corrected chi connectivity index (χ1v) is 12.5. The maximum Gasteiger partial charge on any atom is 0.227 e. The first kappa shape index (κ1) is 22.8. The summed E-state index contributed by atoms with van der Waals surface area (Å²) >= 11 is 6.42. The van der Waals surface area contributed by atoms with Crippen LogP contribution in [0.5, 0.6) is 0 Å². The molecule has 3 aromatic rings. The van der Waals surface area contributed by atoms with Crippen molar-refractivity contribution < 1.29 is 4.79 Å². The largest absolute Gasteiger partial charge is 0.326 e. The van der Waals surface area contributed by atoms with E-state index in [4.69, 9.17) is 11.6 Å². The summed E-state index contributed by atoms with van der Waals surface area (Å²) in [6.45, 7) is 2.17. The lowest BCUT2D eigenvalue weighted by Gasteiger charge is -2.23. The minimum atomic E-state index is 0.116. The van der Waals surface area contributed by atoms with E-state index >= 15 is 0 Å². The standard InChI is InChI=1S/C27H30ClN5O/c28-23-17-30-27(31-22-10-7-18(8-11-22)19-13-15-29-16-14-19)33-25(23)12-9-20-3-1-2-4-24(20)32-26(34)21-5-6-21/h1-4,7-8,10-11,17,19,21,29H,5-6,9,12-16H2,(H,32,34)(H,30,31,33). The van der Waals surface area contributed by atoms with Crippen molar-refractivity contribution in [2.24, 2.45) is 5.92 Å². The van der Waals surface area contributed by atoms with E-state index in [-0.39, 0.29) is 11.8 Å². The Kier molecular flexibility index (Phi) is 7.07. The second-order valence-corrected chi connectivity index (χ2v) is 9.59. The second-order valence-electron chi connectivity index (χ2n) is 9.18. The zero-order valence-electron chi connectivity index (χ0n) is 19.2. The topological polar surface area (TPSA) is 78.9 Å². The summed E-state index contributed by atoms with van der Waals surface area (Å²) < 4.78 is 0. The molecule has 2 aromatic carbocycles. The molecule has 7 heteroatoms. The third-order valence-electron chi connectivity index (χ3n) is 6.65. The van der Waals surface area contributed by atoms with E-state index in [2.05, 4.69) is 50.2 Å². The van der Waals surface area contributed by atoms with Crippen molar-refractivity contribution >= 4 is 34.8 Å². The van der Waals surface area contributed by atoms with Crippen LogP contribution < -0.4 is 16.0 Å². The number of nitrogens with one attached hydrogen (secondary N) is 3. The van der Waals surface area contributed by atoms with Crippen LogP contribution in [0.1, 0.15) is 48.4 Å². The maximum absolute atomic E-state index is 12.2. The Balaban J connectivity index is 1.23. The lowest BCUT2D eigenvalue weighted by Crippen LogP contribution is -2.26. The minimum Gasteiger partial charge on any atom is -0.326 e. The summed E-state index contributed by atoms with van der Waals surface area (Å²) in [6.07, 6.45) is 7.37. The molecule has 0 spiro atoms. The molecule has 1 saturated carbocycles. The van der Waals surface area contributed by atoms with Crippen molar-refractivity contribution in [2.75, 3.05) is 23.7 Å². The molecule has 1 aliphatic heterocycles. The Hall–Kier alpha value is -2.96. The number of amides is 1. The van der Waals surface area contributed by atoms with Gasteiger partial charge in [-0.3, -0.25) is 4.79 Å². The van der Waals surface area contributed by atoms with Gasteiger partial charge < -0.3 is 16.0 Å². The van der Waals surface area contributed by atoms with Gasteiger partial charge in [0.05, 0.1) is 16.9 Å². The monoisotopic (exact) mass is 475 g/mol. The van der Waals surface area contributed by atoms with Gasteiger partial charge in [0, 0.05) is 17.3 Å². The summed E-state index contributed by atoms with van der Waals surface area (Å²) in [6, 6.07) is 16.5. The second kappa shape index (κ2) is 10.5. The van der Waals surface area contributed by atoms with Gasteiger partial charge in [0.15, 0.2) is 0 Å². The van der Waals surface area contributed by atoms with Gasteiger partial charge in [-0.1, -0.05) is 41.9 Å². The quantitative estimate of drug-likeness (QED) is 0.402. The average molecular weight is 476 g/mol. The molecule has 1 aliphatic carbocycles. The van der Waals surface area contributed by atoms with Crippen molar-refractivity contribution in [3.8, 4) is 0 Å². The van der Waals surface area contributed by atoms with E-state index in [9.17, 15) is 4.79 Å². The van der Waals surface area contributed by atoms with Crippen molar-refractivity contribution in [3.63, 3.8) is 0 Å². The van der Waals surface area contributed by atoms with E-state index in [1.165, 1.54) is 18.4 Å². The number of anilines is 3. The summed E-state index contributed by atoms with van der Waals surface area (Å²) in [5.41, 5.74) is 5.08. The normalized spacial score (nSPS) is 16.3. The Morgan fingerprint density at radius 3 is 2.53 bits per heavy atom. The Morgan fingerprint density at radius 2 is 1.76 bits per heavy atom. The van der Waals surface area contributed by atoms with Gasteiger partial charge in [-0.15, -0.1) is 0 Å². The smallest absolute Gasteiger partial charge is 0.227 e. The molecule has 2 heterocycles. The number of carbonyl (C=O) groups is 1. The van der Waals surface area contributed by atoms with Crippen LogP contribution >= 0.6 is 11.6 Å². The number of para-hydroxylation sites is 1. The summed E-state index contributed by atoms with van der Waals surface area (Å²) in [4.78, 5) is 21.3. The Labute approximate surface area is 205 Å². The number of aryl methyl sites for hydroxylation is 2. The van der Waals surface area contributed by atoms with Gasteiger partial charge >= 0.3 is 0 Å². The average Bonchev–Trinajstić information content (AvgIpc) is 3.72. The molecular formula is C27H30ClN5O. The predicted octanol–water partition coefficient (Wildman–Crippen LogP) is 5.47. The number of carbonyl (C=O) groups excluding carboxylic acids is 1. The first-order valence-electron chi connectivity index (χ1n) is 12.1. The van der Waals surface area contributed by atoms with E-state index in [1.807, 2.05) is 24.3 Å². The number of benzene rings is 2. The zero-order chi connectivity index (χ0) is 23.3. The van der Waals surface area contributed by atoms with Gasteiger partial charge in [0.1, 0.15) is 0 Å². The molecule has 0 radical (unpaired) electrons. The van der Waals surface area contributed by atoms with Crippen LogP contribution in [0.4, 0.5) is 17.3 Å². The molecule has 3 N–H and O–H groups in total. The van der Waals surface area contributed by atoms with Crippen LogP contribution in [0.15, 0.2) is 54.7 Å². The van der Waals surface area contributed by atoms with E-state index in [1.54, 1.807) is 6.20 Å². The third kappa shape index (κ3) is 5.75. The highest BCUT2D eigenvalue weighted by Crippen LogP contribution is 2.31. The van der Waals surface area contributed by atoms with E-state index < -0.39 is 0 Å². The van der Waals surface area contributed by atoms with Crippen molar-refractivity contribution in [3.05, 3.63) is 76.6 Å². The molecule has 1 aromatic heterocycles. The lowest BCUT2D eigenvalue weighted by atomic mass is 9.90. The van der Waals surface area contributed by atoms with Crippen LogP contribution in [0.2, 0.25) is 5.02 Å². The number of hydrogen-bond donors (Lipinski definition) is 3. The molecule has 5 rings (SSSR count). The van der Waals surface area contributed by atoms with Gasteiger partial charge in [0.25, 0.3) is 0 Å². The molecule has 2 aliphatic rings. The molecule has 1 saturated heterocycles. The SMILES string of the molecule is O=C(Nc1ccccc1CCc1nc(Nc2ccc(C3CCNCC3)cc2)ncc1Cl)C1CC1. The first-order chi connectivity index (χ1) is 16.7. The highest BCUT2D eigenvalue weighted by Gasteiger charge is 2.29. The molecule has 0 unspecified atom stereocenters. The fraction of sp³-hybridized carbons (Fsp3) is 0.370. The molecule has 34 heavy (non-hydrogen) atoms. The van der Waals surface area contributed by atoms with Gasteiger partial charge in [-0.25, -0.2) is 9.97 Å². The maximum atomic E-state index is 12.2. The number of rotatable bonds is 8. The van der Waals surface area contributed by atoms with Crippen LogP contribution in [0.3, 0.4) is 0 Å². The van der Waals surface area contributed by atoms with E-state index in [0.29, 0.717) is 23.3 Å². The highest BCUT2D eigenvalue weighted by atomic mass is 35.5. The Bertz CT molecular complexity index is 1140. The van der Waals surface area contributed by atoms with Crippen LogP contribution in [-0.4, -0.2) is 29.0 Å². The molecule has 1 amide bonds. The number of piperidine rings is 1. The zero-order valence-corrected chi connectivity index (χ0v) is 19.9. The highest BCUT2D eigenvalue weighted by molar-refractivity contribution is 6.31. The minimum absolute atomic E-state index is 0.116. The van der Waals surface area contributed by atoms with Crippen LogP contribution in [0, 0.1) is 5.92 Å². The number of halogens is 1. The van der Waals surface area contributed by atoms with Gasteiger partial charge in [-0.05, 0) is 86.9 Å². The fourth-order valence-electron chi connectivity index (χ4n) is 4.45. The molecule has 176 valence electrons. The third-order valence-corrected chi connectivity index (χ3v) is 6.96. The van der Waals surface area contributed by atoms with Crippen molar-refractivity contribution in [1.29, 1.82) is 0 Å². The lowest BCUT2D eigenvalue weighted by molar-refractivity contribution is -0.117. The van der Waals surface area contributed by atoms with E-state index in [0.717, 1.165) is 55.0 Å². The predicted molar refractivity (Wildman–Crippen MR) is 137 cm³/mol. The summed E-state index contributed by atoms with van der Waals surface area (Å²) in [5, 5.41) is 10.3. The van der Waals surface area contributed by atoms with Crippen molar-refractivity contribution in [2.45, 2.75) is 44.4 Å². The molecule has 2 fully saturated rings. The molecule has 0 bridgehead atoms. The molecule has 6 nitrogen and oxygen atoms in total. The number of aromatic nitrogens is 2. The van der Waals surface area contributed by atoms with Gasteiger partial charge in [-0.2, -0.15) is 0 Å². The summed E-state index contributed by atoms with van der Waals surface area (Å²) in [5.74, 6) is 1.45. The van der Waals surface area contributed by atoms with Crippen LogP contribution in [0.25, 0.3) is 0 Å². The summed E-state index contributed by atoms with van der Waals surface area (Å²) in [7, 11) is 0. The van der Waals surface area contributed by atoms with Gasteiger partial charge in [0.2, 0.25) is 11.9 Å². The van der Waals surface area contributed by atoms with Crippen molar-refractivity contribution in [1.82, 2.24) is 15.3 Å². The number of hydrogen-bond acceptors (Lipinski definition) is 5. The Morgan fingerprint density at radius 1 is 1.00 bits per heavy atom.